The van der Waals surface area contributed by atoms with Crippen LogP contribution in [0.5, 0.6) is 0 Å². The van der Waals surface area contributed by atoms with Crippen molar-refractivity contribution in [1.29, 1.82) is 0 Å². The first-order chi connectivity index (χ1) is 8.22. The summed E-state index contributed by atoms with van der Waals surface area (Å²) in [7, 11) is 0. The molecule has 0 bridgehead atoms. The maximum absolute atomic E-state index is 5.33. The van der Waals surface area contributed by atoms with Gasteiger partial charge in [-0.05, 0) is 44.3 Å². The molecule has 2 rings (SSSR count). The SMILES string of the molecule is CCCNc1nc(-c2occc2Br)ncc1Br. The Labute approximate surface area is 116 Å². The Morgan fingerprint density at radius 3 is 2.82 bits per heavy atom. The minimum absolute atomic E-state index is 0.559. The van der Waals surface area contributed by atoms with Crippen molar-refractivity contribution in [2.75, 3.05) is 11.9 Å². The number of nitrogens with zero attached hydrogens (tertiary/aromatic N) is 2. The fourth-order valence-electron chi connectivity index (χ4n) is 1.30. The third-order valence-electron chi connectivity index (χ3n) is 2.11. The molecule has 2 heterocycles. The first-order valence-corrected chi connectivity index (χ1v) is 6.80. The predicted molar refractivity (Wildman–Crippen MR) is 73.9 cm³/mol. The summed E-state index contributed by atoms with van der Waals surface area (Å²) in [5.41, 5.74) is 0. The summed E-state index contributed by atoms with van der Waals surface area (Å²) in [4.78, 5) is 8.65. The Kier molecular flexibility index (Phi) is 4.17. The molecule has 2 aromatic rings. The van der Waals surface area contributed by atoms with E-state index >= 15 is 0 Å². The van der Waals surface area contributed by atoms with E-state index in [1.54, 1.807) is 12.5 Å². The number of furan rings is 1. The molecule has 0 aliphatic heterocycles. The first kappa shape index (κ1) is 12.6. The average molecular weight is 361 g/mol. The van der Waals surface area contributed by atoms with E-state index in [-0.39, 0.29) is 0 Å². The molecule has 0 radical (unpaired) electrons. The van der Waals surface area contributed by atoms with Gasteiger partial charge in [0, 0.05) is 12.7 Å². The molecule has 0 saturated heterocycles. The van der Waals surface area contributed by atoms with Gasteiger partial charge in [-0.3, -0.25) is 0 Å². The van der Waals surface area contributed by atoms with E-state index in [0.29, 0.717) is 11.6 Å². The van der Waals surface area contributed by atoms with Gasteiger partial charge in [0.1, 0.15) is 5.82 Å². The van der Waals surface area contributed by atoms with Crippen LogP contribution in [0, 0.1) is 0 Å². The van der Waals surface area contributed by atoms with E-state index < -0.39 is 0 Å². The first-order valence-electron chi connectivity index (χ1n) is 5.22. The molecule has 0 atom stereocenters. The van der Waals surface area contributed by atoms with E-state index in [4.69, 9.17) is 4.42 Å². The van der Waals surface area contributed by atoms with E-state index in [1.165, 1.54) is 0 Å². The second-order valence-electron chi connectivity index (χ2n) is 3.41. The number of aromatic nitrogens is 2. The third-order valence-corrected chi connectivity index (χ3v) is 3.31. The standard InChI is InChI=1S/C11H11Br2N3O/c1-2-4-14-10-8(13)6-15-11(16-10)9-7(12)3-5-17-9/h3,5-6H,2,4H2,1H3,(H,14,15,16). The van der Waals surface area contributed by atoms with Gasteiger partial charge in [-0.15, -0.1) is 0 Å². The lowest BCUT2D eigenvalue weighted by Gasteiger charge is -2.07. The Hall–Kier alpha value is -0.880. The van der Waals surface area contributed by atoms with Crippen molar-refractivity contribution in [3.63, 3.8) is 0 Å². The molecule has 17 heavy (non-hydrogen) atoms. The summed E-state index contributed by atoms with van der Waals surface area (Å²) in [6, 6.07) is 1.82. The number of hydrogen-bond acceptors (Lipinski definition) is 4. The number of hydrogen-bond donors (Lipinski definition) is 1. The highest BCUT2D eigenvalue weighted by Gasteiger charge is 2.12. The zero-order valence-corrected chi connectivity index (χ0v) is 12.4. The van der Waals surface area contributed by atoms with Crippen molar-refractivity contribution < 1.29 is 4.42 Å². The van der Waals surface area contributed by atoms with Crippen LogP contribution in [0.3, 0.4) is 0 Å². The Morgan fingerprint density at radius 2 is 2.18 bits per heavy atom. The molecular weight excluding hydrogens is 350 g/mol. The van der Waals surface area contributed by atoms with Gasteiger partial charge in [0.2, 0.25) is 0 Å². The van der Waals surface area contributed by atoms with Gasteiger partial charge in [-0.2, -0.15) is 0 Å². The van der Waals surface area contributed by atoms with Crippen LogP contribution in [-0.4, -0.2) is 16.5 Å². The largest absolute Gasteiger partial charge is 0.460 e. The van der Waals surface area contributed by atoms with Gasteiger partial charge < -0.3 is 9.73 Å². The summed E-state index contributed by atoms with van der Waals surface area (Å²) < 4.78 is 7.03. The molecule has 0 aliphatic carbocycles. The van der Waals surface area contributed by atoms with Crippen molar-refractivity contribution in [2.45, 2.75) is 13.3 Å². The molecule has 0 aliphatic rings. The van der Waals surface area contributed by atoms with Crippen molar-refractivity contribution in [3.05, 3.63) is 27.5 Å². The summed E-state index contributed by atoms with van der Waals surface area (Å²) >= 11 is 6.81. The van der Waals surface area contributed by atoms with Crippen LogP contribution in [0.4, 0.5) is 5.82 Å². The number of nitrogens with one attached hydrogen (secondary N) is 1. The monoisotopic (exact) mass is 359 g/mol. The molecular formula is C11H11Br2N3O. The lowest BCUT2D eigenvalue weighted by Crippen LogP contribution is -2.04. The Balaban J connectivity index is 2.34. The highest BCUT2D eigenvalue weighted by molar-refractivity contribution is 9.11. The molecule has 0 spiro atoms. The summed E-state index contributed by atoms with van der Waals surface area (Å²) in [5.74, 6) is 1.97. The van der Waals surface area contributed by atoms with Crippen LogP contribution < -0.4 is 5.32 Å². The molecule has 0 unspecified atom stereocenters. The lowest BCUT2D eigenvalue weighted by atomic mass is 10.4. The van der Waals surface area contributed by atoms with E-state index in [2.05, 4.69) is 54.1 Å². The average Bonchev–Trinajstić information content (AvgIpc) is 2.75. The molecule has 2 aromatic heterocycles. The number of anilines is 1. The molecule has 0 aromatic carbocycles. The zero-order valence-electron chi connectivity index (χ0n) is 9.20. The van der Waals surface area contributed by atoms with Crippen molar-refractivity contribution in [3.8, 4) is 11.6 Å². The molecule has 90 valence electrons. The van der Waals surface area contributed by atoms with Crippen molar-refractivity contribution in [2.24, 2.45) is 0 Å². The maximum atomic E-state index is 5.33. The normalized spacial score (nSPS) is 10.5. The minimum Gasteiger partial charge on any atom is -0.460 e. The Bertz CT molecular complexity index is 513. The maximum Gasteiger partial charge on any atom is 0.198 e. The highest BCUT2D eigenvalue weighted by atomic mass is 79.9. The molecule has 0 amide bonds. The van der Waals surface area contributed by atoms with Crippen LogP contribution in [0.25, 0.3) is 11.6 Å². The second-order valence-corrected chi connectivity index (χ2v) is 5.12. The van der Waals surface area contributed by atoms with Gasteiger partial charge in [-0.25, -0.2) is 9.97 Å². The quantitative estimate of drug-likeness (QED) is 0.892. The van der Waals surface area contributed by atoms with Crippen LogP contribution in [0.15, 0.2) is 31.9 Å². The zero-order chi connectivity index (χ0) is 12.3. The summed E-state index contributed by atoms with van der Waals surface area (Å²) in [6.45, 7) is 2.97. The lowest BCUT2D eigenvalue weighted by molar-refractivity contribution is 0.576. The topological polar surface area (TPSA) is 51.0 Å². The van der Waals surface area contributed by atoms with E-state index in [1.807, 2.05) is 6.07 Å². The van der Waals surface area contributed by atoms with Crippen LogP contribution >= 0.6 is 31.9 Å². The van der Waals surface area contributed by atoms with Gasteiger partial charge >= 0.3 is 0 Å². The van der Waals surface area contributed by atoms with Gasteiger partial charge in [0.05, 0.1) is 15.2 Å². The van der Waals surface area contributed by atoms with Crippen molar-refractivity contribution in [1.82, 2.24) is 9.97 Å². The number of halogens is 2. The molecule has 0 saturated carbocycles. The van der Waals surface area contributed by atoms with Gasteiger partial charge in [-0.1, -0.05) is 6.92 Å². The summed E-state index contributed by atoms with van der Waals surface area (Å²) in [6.07, 6.45) is 4.36. The third kappa shape index (κ3) is 2.87. The van der Waals surface area contributed by atoms with Crippen LogP contribution in [0.1, 0.15) is 13.3 Å². The minimum atomic E-state index is 0.559. The fourth-order valence-corrected chi connectivity index (χ4v) is 2.01. The smallest absolute Gasteiger partial charge is 0.198 e. The number of rotatable bonds is 4. The summed E-state index contributed by atoms with van der Waals surface area (Å²) in [5, 5.41) is 3.23. The highest BCUT2D eigenvalue weighted by Crippen LogP contribution is 2.29. The van der Waals surface area contributed by atoms with Crippen LogP contribution in [-0.2, 0) is 0 Å². The predicted octanol–water partition coefficient (Wildman–Crippen LogP) is 4.08. The molecule has 6 heteroatoms. The van der Waals surface area contributed by atoms with Crippen molar-refractivity contribution >= 4 is 37.7 Å². The molecule has 4 nitrogen and oxygen atoms in total. The molecule has 0 fully saturated rings. The van der Waals surface area contributed by atoms with Gasteiger partial charge in [0.25, 0.3) is 0 Å². The fraction of sp³-hybridized carbons (Fsp3) is 0.273. The van der Waals surface area contributed by atoms with Gasteiger partial charge in [0.15, 0.2) is 11.6 Å². The van der Waals surface area contributed by atoms with E-state index in [9.17, 15) is 0 Å². The van der Waals surface area contributed by atoms with Crippen LogP contribution in [0.2, 0.25) is 0 Å². The Morgan fingerprint density at radius 1 is 1.35 bits per heavy atom. The van der Waals surface area contributed by atoms with E-state index in [0.717, 1.165) is 27.7 Å². The second kappa shape index (κ2) is 5.64. The molecule has 1 N–H and O–H groups in total.